The Balaban J connectivity index is 2.82. The van der Waals surface area contributed by atoms with Crippen molar-refractivity contribution in [3.05, 3.63) is 35.4 Å². The highest BCUT2D eigenvalue weighted by atomic mass is 32.2. The van der Waals surface area contributed by atoms with Crippen LogP contribution in [0.1, 0.15) is 38.3 Å². The molecule has 0 atom stereocenters. The van der Waals surface area contributed by atoms with Crippen molar-refractivity contribution in [1.29, 1.82) is 0 Å². The molecule has 0 saturated carbocycles. The van der Waals surface area contributed by atoms with E-state index >= 15 is 0 Å². The van der Waals surface area contributed by atoms with E-state index in [0.717, 1.165) is 5.56 Å². The Morgan fingerprint density at radius 2 is 1.80 bits per heavy atom. The molecule has 0 bridgehead atoms. The Hall–Kier alpha value is -1.40. The molecular weight excluding hydrogens is 276 g/mol. The number of benzene rings is 1. The SMILES string of the molecule is CCC(=O)NCc1ccccc1CS(=O)(=O)NC(C)C. The zero-order chi connectivity index (χ0) is 15.2. The van der Waals surface area contributed by atoms with Crippen LogP contribution in [0.4, 0.5) is 0 Å². The minimum atomic E-state index is -3.36. The van der Waals surface area contributed by atoms with Crippen molar-refractivity contribution in [3.63, 3.8) is 0 Å². The highest BCUT2D eigenvalue weighted by Gasteiger charge is 2.15. The Morgan fingerprint density at radius 3 is 2.35 bits per heavy atom. The molecule has 5 nitrogen and oxygen atoms in total. The van der Waals surface area contributed by atoms with Gasteiger partial charge in [-0.05, 0) is 25.0 Å². The molecule has 0 spiro atoms. The summed E-state index contributed by atoms with van der Waals surface area (Å²) in [6.45, 7) is 5.69. The molecule has 0 heterocycles. The average molecular weight is 298 g/mol. The van der Waals surface area contributed by atoms with Crippen LogP contribution in [0.2, 0.25) is 0 Å². The van der Waals surface area contributed by atoms with Crippen LogP contribution >= 0.6 is 0 Å². The summed E-state index contributed by atoms with van der Waals surface area (Å²) >= 11 is 0. The van der Waals surface area contributed by atoms with Gasteiger partial charge in [0, 0.05) is 19.0 Å². The highest BCUT2D eigenvalue weighted by Crippen LogP contribution is 2.12. The molecule has 0 aliphatic carbocycles. The van der Waals surface area contributed by atoms with Crippen LogP contribution in [0.5, 0.6) is 0 Å². The Bertz CT molecular complexity index is 553. The van der Waals surface area contributed by atoms with Crippen LogP contribution < -0.4 is 10.0 Å². The molecule has 2 N–H and O–H groups in total. The van der Waals surface area contributed by atoms with Crippen LogP contribution in [-0.4, -0.2) is 20.4 Å². The smallest absolute Gasteiger partial charge is 0.219 e. The molecule has 0 aromatic heterocycles. The minimum Gasteiger partial charge on any atom is -0.352 e. The molecule has 0 unspecified atom stereocenters. The largest absolute Gasteiger partial charge is 0.352 e. The van der Waals surface area contributed by atoms with E-state index in [1.807, 2.05) is 12.1 Å². The fourth-order valence-electron chi connectivity index (χ4n) is 1.80. The normalized spacial score (nSPS) is 11.6. The molecule has 1 amide bonds. The van der Waals surface area contributed by atoms with Crippen molar-refractivity contribution in [2.24, 2.45) is 0 Å². The van der Waals surface area contributed by atoms with Gasteiger partial charge in [-0.3, -0.25) is 4.79 Å². The van der Waals surface area contributed by atoms with Gasteiger partial charge in [-0.15, -0.1) is 0 Å². The number of hydrogen-bond acceptors (Lipinski definition) is 3. The summed E-state index contributed by atoms with van der Waals surface area (Å²) in [7, 11) is -3.36. The molecule has 0 fully saturated rings. The van der Waals surface area contributed by atoms with Crippen molar-refractivity contribution >= 4 is 15.9 Å². The monoisotopic (exact) mass is 298 g/mol. The number of sulfonamides is 1. The number of rotatable bonds is 7. The molecule has 112 valence electrons. The van der Waals surface area contributed by atoms with Crippen LogP contribution in [0.25, 0.3) is 0 Å². The van der Waals surface area contributed by atoms with Crippen molar-refractivity contribution < 1.29 is 13.2 Å². The summed E-state index contributed by atoms with van der Waals surface area (Å²) in [5.41, 5.74) is 1.53. The van der Waals surface area contributed by atoms with Gasteiger partial charge >= 0.3 is 0 Å². The molecular formula is C14H22N2O3S. The Kier molecular flexibility index (Phi) is 6.16. The average Bonchev–Trinajstić information content (AvgIpc) is 2.35. The maximum absolute atomic E-state index is 12.0. The van der Waals surface area contributed by atoms with Gasteiger partial charge in [0.05, 0.1) is 5.75 Å². The summed E-state index contributed by atoms with van der Waals surface area (Å²) < 4.78 is 26.5. The van der Waals surface area contributed by atoms with Gasteiger partial charge in [0.1, 0.15) is 0 Å². The van der Waals surface area contributed by atoms with Crippen LogP contribution in [0, 0.1) is 0 Å². The Morgan fingerprint density at radius 1 is 1.20 bits per heavy atom. The van der Waals surface area contributed by atoms with Gasteiger partial charge in [-0.2, -0.15) is 0 Å². The number of carbonyl (C=O) groups excluding carboxylic acids is 1. The van der Waals surface area contributed by atoms with Crippen LogP contribution in [0.15, 0.2) is 24.3 Å². The summed E-state index contributed by atoms with van der Waals surface area (Å²) in [5.74, 6) is -0.133. The van der Waals surface area contributed by atoms with Gasteiger partial charge < -0.3 is 5.32 Å². The van der Waals surface area contributed by atoms with E-state index < -0.39 is 10.0 Å². The van der Waals surface area contributed by atoms with Crippen molar-refractivity contribution in [2.75, 3.05) is 0 Å². The lowest BCUT2D eigenvalue weighted by Gasteiger charge is -2.13. The van der Waals surface area contributed by atoms with E-state index in [2.05, 4.69) is 10.0 Å². The first-order chi connectivity index (χ1) is 9.34. The maximum atomic E-state index is 12.0. The van der Waals surface area contributed by atoms with E-state index in [4.69, 9.17) is 0 Å². The first-order valence-electron chi connectivity index (χ1n) is 6.67. The first-order valence-corrected chi connectivity index (χ1v) is 8.32. The second kappa shape index (κ2) is 7.40. The van der Waals surface area contributed by atoms with E-state index in [0.29, 0.717) is 18.5 Å². The predicted molar refractivity (Wildman–Crippen MR) is 79.5 cm³/mol. The number of carbonyl (C=O) groups is 1. The minimum absolute atomic E-state index is 0.0528. The standard InChI is InChI=1S/C14H22N2O3S/c1-4-14(17)15-9-12-7-5-6-8-13(12)10-20(18,19)16-11(2)3/h5-8,11,16H,4,9-10H2,1-3H3,(H,15,17). The highest BCUT2D eigenvalue weighted by molar-refractivity contribution is 7.88. The molecule has 1 rings (SSSR count). The van der Waals surface area contributed by atoms with Crippen LogP contribution in [-0.2, 0) is 27.1 Å². The molecule has 0 saturated heterocycles. The fourth-order valence-corrected chi connectivity index (χ4v) is 3.29. The van der Waals surface area contributed by atoms with Gasteiger partial charge in [0.15, 0.2) is 0 Å². The van der Waals surface area contributed by atoms with Gasteiger partial charge in [0.2, 0.25) is 15.9 Å². The van der Waals surface area contributed by atoms with Gasteiger partial charge in [-0.25, -0.2) is 13.1 Å². The van der Waals surface area contributed by atoms with E-state index in [1.54, 1.807) is 32.9 Å². The molecule has 0 aliphatic heterocycles. The molecule has 1 aromatic carbocycles. The summed E-state index contributed by atoms with van der Waals surface area (Å²) in [6.07, 6.45) is 0.412. The molecule has 0 aliphatic rings. The van der Waals surface area contributed by atoms with Crippen LogP contribution in [0.3, 0.4) is 0 Å². The summed E-state index contributed by atoms with van der Waals surface area (Å²) in [4.78, 5) is 11.3. The first kappa shape index (κ1) is 16.7. The Labute approximate surface area is 120 Å². The quantitative estimate of drug-likeness (QED) is 0.802. The predicted octanol–water partition coefficient (Wildman–Crippen LogP) is 1.54. The molecule has 1 aromatic rings. The molecule has 0 radical (unpaired) electrons. The third-order valence-corrected chi connectivity index (χ3v) is 4.20. The summed E-state index contributed by atoms with van der Waals surface area (Å²) in [6, 6.07) is 7.10. The van der Waals surface area contributed by atoms with Gasteiger partial charge in [0.25, 0.3) is 0 Å². The number of hydrogen-bond donors (Lipinski definition) is 2. The van der Waals surface area contributed by atoms with Crippen molar-refractivity contribution in [3.8, 4) is 0 Å². The van der Waals surface area contributed by atoms with Crippen molar-refractivity contribution in [1.82, 2.24) is 10.0 Å². The zero-order valence-corrected chi connectivity index (χ0v) is 13.0. The second-order valence-electron chi connectivity index (χ2n) is 4.93. The molecule has 20 heavy (non-hydrogen) atoms. The van der Waals surface area contributed by atoms with E-state index in [1.165, 1.54) is 0 Å². The lowest BCUT2D eigenvalue weighted by atomic mass is 10.1. The lowest BCUT2D eigenvalue weighted by Crippen LogP contribution is -2.31. The van der Waals surface area contributed by atoms with Gasteiger partial charge in [-0.1, -0.05) is 31.2 Å². The zero-order valence-electron chi connectivity index (χ0n) is 12.1. The second-order valence-corrected chi connectivity index (χ2v) is 6.68. The third-order valence-electron chi connectivity index (χ3n) is 2.68. The molecule has 6 heteroatoms. The third kappa shape index (κ3) is 5.71. The number of nitrogens with one attached hydrogen (secondary N) is 2. The van der Waals surface area contributed by atoms with Crippen molar-refractivity contribution in [2.45, 2.75) is 45.5 Å². The summed E-state index contributed by atoms with van der Waals surface area (Å²) in [5, 5.41) is 2.76. The van der Waals surface area contributed by atoms with E-state index in [9.17, 15) is 13.2 Å². The fraction of sp³-hybridized carbons (Fsp3) is 0.500. The topological polar surface area (TPSA) is 75.3 Å². The number of amides is 1. The lowest BCUT2D eigenvalue weighted by molar-refractivity contribution is -0.120. The maximum Gasteiger partial charge on any atom is 0.219 e. The van der Waals surface area contributed by atoms with E-state index in [-0.39, 0.29) is 17.7 Å².